The highest BCUT2D eigenvalue weighted by Gasteiger charge is 2.34. The molecule has 0 aliphatic rings. The van der Waals surface area contributed by atoms with E-state index >= 15 is 0 Å². The second-order valence-electron chi connectivity index (χ2n) is 17.2. The molecule has 4 aromatic heterocycles. The average molecular weight is 1120 g/mol. The molecule has 0 unspecified atom stereocenters. The largest absolute Gasteiger partial charge is 0.493 e. The Bertz CT molecular complexity index is 3740. The maximum Gasteiger partial charge on any atom is 0.417 e. The predicted molar refractivity (Wildman–Crippen MR) is 307 cm³/mol. The van der Waals surface area contributed by atoms with E-state index in [4.69, 9.17) is 44.4 Å². The molecule has 23 heteroatoms. The number of imidazole rings is 2. The molecule has 78 heavy (non-hydrogen) atoms. The minimum Gasteiger partial charge on any atom is -0.493 e. The van der Waals surface area contributed by atoms with E-state index in [2.05, 4.69) is 74.7 Å². The van der Waals surface area contributed by atoms with Crippen LogP contribution in [-0.4, -0.2) is 69.5 Å². The molecule has 0 spiro atoms. The quantitative estimate of drug-likeness (QED) is 0.0287. The van der Waals surface area contributed by atoms with Crippen LogP contribution in [0.15, 0.2) is 92.1 Å². The Labute approximate surface area is 461 Å². The zero-order valence-electron chi connectivity index (χ0n) is 44.2. The van der Waals surface area contributed by atoms with Gasteiger partial charge in [-0.3, -0.25) is 14.3 Å². The zero-order valence-corrected chi connectivity index (χ0v) is 46.9. The second kappa shape index (κ2) is 28.2. The molecule has 404 valence electrons. The number of aliphatic imine (C=N–C) groups is 1. The summed E-state index contributed by atoms with van der Waals surface area (Å²) < 4.78 is 55.4. The van der Waals surface area contributed by atoms with Gasteiger partial charge in [0.1, 0.15) is 23.1 Å². The van der Waals surface area contributed by atoms with Crippen molar-refractivity contribution in [3.8, 4) is 40.3 Å². The number of aryl methyl sites for hydroxylation is 5. The highest BCUT2D eigenvalue weighted by atomic mass is 32.1. The van der Waals surface area contributed by atoms with Crippen molar-refractivity contribution in [1.29, 1.82) is 5.26 Å². The van der Waals surface area contributed by atoms with Gasteiger partial charge in [0.15, 0.2) is 28.4 Å². The number of nitriles is 1. The number of aromatic amines is 2. The van der Waals surface area contributed by atoms with Crippen molar-refractivity contribution in [3.05, 3.63) is 156 Å². The van der Waals surface area contributed by atoms with Gasteiger partial charge in [0.2, 0.25) is 0 Å². The van der Waals surface area contributed by atoms with Gasteiger partial charge in [-0.05, 0) is 134 Å². The van der Waals surface area contributed by atoms with Crippen molar-refractivity contribution in [2.75, 3.05) is 26.0 Å². The molecule has 8 aromatic rings. The molecule has 8 rings (SSSR count). The third kappa shape index (κ3) is 15.2. The lowest BCUT2D eigenvalue weighted by molar-refractivity contribution is -0.137. The fraction of sp³-hybridized carbons (Fsp3) is 0.309. The van der Waals surface area contributed by atoms with Crippen LogP contribution in [0.3, 0.4) is 0 Å². The molecular formula is C55H57F3N13O4PS2. The Hall–Kier alpha value is -8.26. The number of ether oxygens (including phenoxy) is 2. The van der Waals surface area contributed by atoms with Crippen LogP contribution in [0.5, 0.6) is 11.5 Å². The maximum absolute atomic E-state index is 13.0. The van der Waals surface area contributed by atoms with E-state index in [0.29, 0.717) is 94.1 Å². The first-order valence-electron chi connectivity index (χ1n) is 24.5. The maximum atomic E-state index is 13.0. The number of hydrogen-bond donors (Lipinski definition) is 3. The second-order valence-corrected chi connectivity index (χ2v) is 18.4. The monoisotopic (exact) mass is 1120 g/mol. The Morgan fingerprint density at radius 3 is 1.77 bits per heavy atom. The summed E-state index contributed by atoms with van der Waals surface area (Å²) in [7, 11) is 4.47. The first-order valence-corrected chi connectivity index (χ1v) is 25.7. The standard InChI is InChI=1S/C28H29N5O2S.C17H21N5O2.C9H3F3N2S.CH4NP/c1-6-8-25-30-18(4)26-28(34)31-27(32-33(25)26)22-16-20(10-12-24(22)35-7-2)15-21(36)14-19-9-11-23(29-5)17(3)13-19;1-4-6-14-19-10(3)15-17(23)20-16(21-22(14)15)12-9-11(18)7-8-13(12)24-5-2;10-9(11,12)8-3-7(14-5-15)2-1-6(8)4-13;1-2-3/h9-13,16H,6-8,14-15H2,1-4H3,(H,31,32,34);7-9H,4-6,18H2,1-3H3,(H,20,21,23);1-3H;3H,1H3. The third-order valence-electron chi connectivity index (χ3n) is 11.4. The molecule has 0 amide bonds. The normalized spacial score (nSPS) is 10.6. The SMILES string of the molecule is CCCc1nc(C)c2c(=O)[nH]c(-c3cc(N)ccc3OCC)nn12.CN=P.N#Cc1ccc(N=C=S)cc1C(F)(F)F.[C-]#[N+]c1ccc(CC(=S)Cc2ccc(OCC)c(-c3nn4c(CCC)nc(C)c4c(=O)[nH]3)c2)cc1C. The predicted octanol–water partition coefficient (Wildman–Crippen LogP) is 12.3. The average Bonchev–Trinajstić information content (AvgIpc) is 3.97. The molecule has 4 aromatic carbocycles. The van der Waals surface area contributed by atoms with Crippen molar-refractivity contribution >= 4 is 71.6 Å². The van der Waals surface area contributed by atoms with Gasteiger partial charge in [0.05, 0.1) is 70.3 Å². The van der Waals surface area contributed by atoms with E-state index in [9.17, 15) is 22.8 Å². The number of anilines is 1. The minimum atomic E-state index is -4.57. The summed E-state index contributed by atoms with van der Waals surface area (Å²) in [5.41, 5.74) is 12.0. The van der Waals surface area contributed by atoms with Crippen molar-refractivity contribution < 1.29 is 22.6 Å². The molecule has 17 nitrogen and oxygen atoms in total. The molecule has 0 saturated carbocycles. The molecular weight excluding hydrogens is 1060 g/mol. The van der Waals surface area contributed by atoms with Crippen LogP contribution in [0, 0.1) is 38.7 Å². The summed E-state index contributed by atoms with van der Waals surface area (Å²) in [4.78, 5) is 48.1. The third-order valence-corrected chi connectivity index (χ3v) is 11.8. The van der Waals surface area contributed by atoms with Crippen molar-refractivity contribution in [2.24, 2.45) is 9.74 Å². The van der Waals surface area contributed by atoms with Crippen molar-refractivity contribution in [1.82, 2.24) is 39.2 Å². The number of benzene rings is 4. The Kier molecular flexibility index (Phi) is 21.9. The number of nitrogens with one attached hydrogen (secondary N) is 2. The summed E-state index contributed by atoms with van der Waals surface area (Å²) >= 11 is 9.99. The van der Waals surface area contributed by atoms with Gasteiger partial charge >= 0.3 is 6.18 Å². The summed E-state index contributed by atoms with van der Waals surface area (Å²) in [6, 6.07) is 21.5. The number of rotatable bonds is 15. The van der Waals surface area contributed by atoms with Gasteiger partial charge in [0, 0.05) is 43.3 Å². The van der Waals surface area contributed by atoms with Gasteiger partial charge in [-0.2, -0.15) is 23.4 Å². The number of isothiocyanates is 1. The molecule has 0 radical (unpaired) electrons. The molecule has 4 N–H and O–H groups in total. The summed E-state index contributed by atoms with van der Waals surface area (Å²) in [6.07, 6.45) is -0.0284. The zero-order chi connectivity index (χ0) is 57.3. The van der Waals surface area contributed by atoms with Crippen LogP contribution >= 0.6 is 33.5 Å². The number of halogens is 3. The van der Waals surface area contributed by atoms with Crippen molar-refractivity contribution in [3.63, 3.8) is 0 Å². The van der Waals surface area contributed by atoms with Gasteiger partial charge in [-0.15, -0.1) is 10.2 Å². The van der Waals surface area contributed by atoms with E-state index < -0.39 is 17.3 Å². The first-order chi connectivity index (χ1) is 37.3. The van der Waals surface area contributed by atoms with Crippen molar-refractivity contribution in [2.45, 2.75) is 93.2 Å². The molecule has 0 atom stereocenters. The van der Waals surface area contributed by atoms with E-state index in [1.54, 1.807) is 34.3 Å². The lowest BCUT2D eigenvalue weighted by atomic mass is 10.00. The lowest BCUT2D eigenvalue weighted by Crippen LogP contribution is -2.16. The van der Waals surface area contributed by atoms with Gasteiger partial charge in [-0.25, -0.2) is 23.8 Å². The van der Waals surface area contributed by atoms with Crippen LogP contribution in [0.2, 0.25) is 0 Å². The molecule has 0 aliphatic heterocycles. The van der Waals surface area contributed by atoms with Crippen LogP contribution in [-0.2, 0) is 31.9 Å². The summed E-state index contributed by atoms with van der Waals surface area (Å²) in [5, 5.41) is 19.8. The number of fused-ring (bicyclic) bond motifs is 2. The minimum absolute atomic E-state index is 0.0244. The fourth-order valence-corrected chi connectivity index (χ4v) is 8.55. The van der Waals surface area contributed by atoms with Gasteiger partial charge < -0.3 is 25.2 Å². The number of nitrogens with two attached hydrogens (primary N) is 1. The lowest BCUT2D eigenvalue weighted by Gasteiger charge is -2.13. The highest BCUT2D eigenvalue weighted by molar-refractivity contribution is 7.80. The van der Waals surface area contributed by atoms with Gasteiger partial charge in [-0.1, -0.05) is 50.3 Å². The van der Waals surface area contributed by atoms with Crippen LogP contribution < -0.4 is 26.3 Å². The topological polar surface area (TPSA) is 223 Å². The van der Waals surface area contributed by atoms with Crippen LogP contribution in [0.1, 0.15) is 91.4 Å². The molecule has 4 heterocycles. The number of aromatic nitrogens is 8. The number of nitrogens with zero attached hydrogens (tertiary/aromatic N) is 10. The summed E-state index contributed by atoms with van der Waals surface area (Å²) in [5.74, 6) is 3.67. The van der Waals surface area contributed by atoms with E-state index in [0.717, 1.165) is 71.0 Å². The van der Waals surface area contributed by atoms with E-state index in [-0.39, 0.29) is 16.8 Å². The van der Waals surface area contributed by atoms with E-state index in [1.165, 1.54) is 12.1 Å². The van der Waals surface area contributed by atoms with Gasteiger partial charge in [0.25, 0.3) is 11.1 Å². The Morgan fingerprint density at radius 2 is 1.31 bits per heavy atom. The highest BCUT2D eigenvalue weighted by Crippen LogP contribution is 2.35. The first kappa shape index (κ1) is 60.6. The molecule has 0 saturated heterocycles. The van der Waals surface area contributed by atoms with E-state index in [1.807, 2.05) is 76.2 Å². The fourth-order valence-electron chi connectivity index (χ4n) is 8.11. The Morgan fingerprint density at radius 1 is 0.808 bits per heavy atom. The summed E-state index contributed by atoms with van der Waals surface area (Å²) in [6.45, 7) is 21.8. The number of thiocarbonyl (C=S) groups is 2. The van der Waals surface area contributed by atoms with Crippen LogP contribution in [0.25, 0.3) is 38.7 Å². The molecule has 0 fully saturated rings. The number of nitrogen functional groups attached to an aromatic ring is 1. The number of alkyl halides is 3. The smallest absolute Gasteiger partial charge is 0.417 e. The number of H-pyrrole nitrogens is 2. The number of hydrogen-bond acceptors (Lipinski definition) is 14. The molecule has 0 bridgehead atoms. The molecule has 0 aliphatic carbocycles. The van der Waals surface area contributed by atoms with Crippen LogP contribution in [0.4, 0.5) is 30.2 Å². The Balaban J connectivity index is 0.000000229.